The highest BCUT2D eigenvalue weighted by molar-refractivity contribution is 9.10. The van der Waals surface area contributed by atoms with E-state index in [0.717, 1.165) is 6.07 Å². The highest BCUT2D eigenvalue weighted by Gasteiger charge is 2.24. The second kappa shape index (κ2) is 3.92. The average molecular weight is 271 g/mol. The van der Waals surface area contributed by atoms with Crippen LogP contribution in [0.25, 0.3) is 0 Å². The molecule has 0 spiro atoms. The van der Waals surface area contributed by atoms with Gasteiger partial charge in [0.25, 0.3) is 0 Å². The van der Waals surface area contributed by atoms with Gasteiger partial charge in [0.1, 0.15) is 11.6 Å². The van der Waals surface area contributed by atoms with Crippen molar-refractivity contribution in [3.8, 4) is 0 Å². The smallest absolute Gasteiger partial charge is 0.423 e. The van der Waals surface area contributed by atoms with E-state index in [9.17, 15) is 8.78 Å². The molecule has 0 aromatic heterocycles. The fraction of sp³-hybridized carbons (Fsp3) is 0. The van der Waals surface area contributed by atoms with E-state index in [4.69, 9.17) is 21.6 Å². The quantitative estimate of drug-likeness (QED) is 0.455. The SMILES string of the molecule is OB(O)c1c(Cl)cc(F)c(Br)c1F. The number of benzene rings is 1. The molecule has 0 bridgehead atoms. The van der Waals surface area contributed by atoms with Crippen molar-refractivity contribution in [2.75, 3.05) is 0 Å². The summed E-state index contributed by atoms with van der Waals surface area (Å²) in [6.45, 7) is 0. The predicted molar refractivity (Wildman–Crippen MR) is 48.9 cm³/mol. The topological polar surface area (TPSA) is 40.5 Å². The molecule has 0 heterocycles. The Balaban J connectivity index is 3.44. The van der Waals surface area contributed by atoms with Crippen molar-refractivity contribution in [3.05, 3.63) is 27.2 Å². The summed E-state index contributed by atoms with van der Waals surface area (Å²) < 4.78 is 25.4. The van der Waals surface area contributed by atoms with Crippen molar-refractivity contribution < 1.29 is 18.8 Å². The molecule has 0 aliphatic carbocycles. The van der Waals surface area contributed by atoms with E-state index in [1.807, 2.05) is 0 Å². The van der Waals surface area contributed by atoms with E-state index in [0.29, 0.717) is 0 Å². The minimum Gasteiger partial charge on any atom is -0.423 e. The van der Waals surface area contributed by atoms with Crippen LogP contribution in [0.15, 0.2) is 10.5 Å². The average Bonchev–Trinajstić information content (AvgIpc) is 1.99. The molecule has 1 rings (SSSR count). The first-order valence-corrected chi connectivity index (χ1v) is 4.31. The van der Waals surface area contributed by atoms with E-state index in [-0.39, 0.29) is 5.02 Å². The van der Waals surface area contributed by atoms with Crippen LogP contribution in [-0.2, 0) is 0 Å². The van der Waals surface area contributed by atoms with Gasteiger partial charge in [0, 0.05) is 10.5 Å². The monoisotopic (exact) mass is 270 g/mol. The van der Waals surface area contributed by atoms with Gasteiger partial charge in [-0.15, -0.1) is 0 Å². The second-order valence-electron chi connectivity index (χ2n) is 2.26. The van der Waals surface area contributed by atoms with Gasteiger partial charge in [0.05, 0.1) is 4.47 Å². The molecule has 0 radical (unpaired) electrons. The van der Waals surface area contributed by atoms with E-state index >= 15 is 0 Å². The summed E-state index contributed by atoms with van der Waals surface area (Å²) in [5.74, 6) is -2.01. The van der Waals surface area contributed by atoms with Gasteiger partial charge in [-0.2, -0.15) is 0 Å². The van der Waals surface area contributed by atoms with Crippen LogP contribution in [0.5, 0.6) is 0 Å². The first-order valence-electron chi connectivity index (χ1n) is 3.14. The van der Waals surface area contributed by atoms with Crippen LogP contribution in [0.3, 0.4) is 0 Å². The van der Waals surface area contributed by atoms with Crippen LogP contribution in [0.2, 0.25) is 5.02 Å². The molecule has 1 aromatic rings. The first kappa shape index (κ1) is 10.9. The van der Waals surface area contributed by atoms with Crippen molar-refractivity contribution in [3.63, 3.8) is 0 Å². The van der Waals surface area contributed by atoms with Gasteiger partial charge in [0.2, 0.25) is 0 Å². The lowest BCUT2D eigenvalue weighted by Gasteiger charge is -2.06. The summed E-state index contributed by atoms with van der Waals surface area (Å²) in [5, 5.41) is 17.0. The molecule has 0 atom stereocenters. The van der Waals surface area contributed by atoms with Crippen LogP contribution in [0.4, 0.5) is 8.78 Å². The zero-order valence-electron chi connectivity index (χ0n) is 6.06. The number of rotatable bonds is 1. The molecule has 1 aromatic carbocycles. The Morgan fingerprint density at radius 1 is 1.38 bits per heavy atom. The van der Waals surface area contributed by atoms with E-state index in [1.165, 1.54) is 0 Å². The third kappa shape index (κ3) is 2.02. The largest absolute Gasteiger partial charge is 0.493 e. The molecule has 0 amide bonds. The molecule has 13 heavy (non-hydrogen) atoms. The Labute approximate surface area is 86.4 Å². The van der Waals surface area contributed by atoms with Crippen LogP contribution < -0.4 is 5.46 Å². The molecule has 0 fully saturated rings. The van der Waals surface area contributed by atoms with Crippen LogP contribution in [0, 0.1) is 11.6 Å². The fourth-order valence-electron chi connectivity index (χ4n) is 0.817. The van der Waals surface area contributed by atoms with Gasteiger partial charge in [-0.3, -0.25) is 0 Å². The zero-order chi connectivity index (χ0) is 10.2. The van der Waals surface area contributed by atoms with Crippen LogP contribution in [0.1, 0.15) is 0 Å². The fourth-order valence-corrected chi connectivity index (χ4v) is 1.42. The van der Waals surface area contributed by atoms with Crippen LogP contribution >= 0.6 is 27.5 Å². The Bertz CT molecular complexity index is 348. The molecule has 7 heteroatoms. The predicted octanol–water partition coefficient (Wildman–Crippen LogP) is 1.06. The Morgan fingerprint density at radius 2 is 1.92 bits per heavy atom. The third-order valence-electron chi connectivity index (χ3n) is 1.41. The molecule has 0 aliphatic heterocycles. The van der Waals surface area contributed by atoms with Gasteiger partial charge in [0.15, 0.2) is 0 Å². The standard InChI is InChI=1S/C6H3BBrClF2O2/c8-5-3(10)1-2(9)4(6(5)11)7(12)13/h1,12-13H. The minimum atomic E-state index is -2.07. The molecule has 70 valence electrons. The number of halogens is 4. The van der Waals surface area contributed by atoms with Crippen LogP contribution in [-0.4, -0.2) is 17.2 Å². The summed E-state index contributed by atoms with van der Waals surface area (Å²) in [4.78, 5) is 0. The Kier molecular flexibility index (Phi) is 3.29. The maximum absolute atomic E-state index is 13.1. The van der Waals surface area contributed by atoms with Crippen molar-refractivity contribution in [2.24, 2.45) is 0 Å². The van der Waals surface area contributed by atoms with Gasteiger partial charge < -0.3 is 10.0 Å². The molecular formula is C6H3BBrClF2O2. The van der Waals surface area contributed by atoms with E-state index < -0.39 is 28.7 Å². The summed E-state index contributed by atoms with van der Waals surface area (Å²) in [6, 6.07) is 0.795. The Hall–Kier alpha value is -0.165. The lowest BCUT2D eigenvalue weighted by Crippen LogP contribution is -2.34. The molecule has 0 saturated carbocycles. The first-order chi connectivity index (χ1) is 5.95. The summed E-state index contributed by atoms with van der Waals surface area (Å²) in [5.41, 5.74) is -0.546. The van der Waals surface area contributed by atoms with Crippen molar-refractivity contribution in [1.82, 2.24) is 0 Å². The molecule has 2 N–H and O–H groups in total. The van der Waals surface area contributed by atoms with E-state index in [1.54, 1.807) is 0 Å². The van der Waals surface area contributed by atoms with Crippen molar-refractivity contribution in [1.29, 1.82) is 0 Å². The van der Waals surface area contributed by atoms with Gasteiger partial charge in [-0.05, 0) is 22.0 Å². The maximum atomic E-state index is 13.1. The second-order valence-corrected chi connectivity index (χ2v) is 3.46. The third-order valence-corrected chi connectivity index (χ3v) is 2.45. The van der Waals surface area contributed by atoms with Gasteiger partial charge in [-0.1, -0.05) is 11.6 Å². The van der Waals surface area contributed by atoms with E-state index in [2.05, 4.69) is 15.9 Å². The number of hydrogen-bond acceptors (Lipinski definition) is 2. The lowest BCUT2D eigenvalue weighted by atomic mass is 9.80. The molecular weight excluding hydrogens is 268 g/mol. The summed E-state index contributed by atoms with van der Waals surface area (Å²) in [6.07, 6.45) is 0. The molecule has 2 nitrogen and oxygen atoms in total. The highest BCUT2D eigenvalue weighted by atomic mass is 79.9. The summed E-state index contributed by atoms with van der Waals surface area (Å²) >= 11 is 7.98. The summed E-state index contributed by atoms with van der Waals surface area (Å²) in [7, 11) is -2.07. The van der Waals surface area contributed by atoms with Crippen molar-refractivity contribution in [2.45, 2.75) is 0 Å². The highest BCUT2D eigenvalue weighted by Crippen LogP contribution is 2.22. The lowest BCUT2D eigenvalue weighted by molar-refractivity contribution is 0.422. The normalized spacial score (nSPS) is 10.3. The molecule has 0 saturated heterocycles. The van der Waals surface area contributed by atoms with Gasteiger partial charge >= 0.3 is 7.12 Å². The molecule has 0 unspecified atom stereocenters. The molecule has 0 aliphatic rings. The zero-order valence-corrected chi connectivity index (χ0v) is 8.40. The Morgan fingerprint density at radius 3 is 2.38 bits per heavy atom. The van der Waals surface area contributed by atoms with Crippen molar-refractivity contribution >= 4 is 40.1 Å². The minimum absolute atomic E-state index is 0.367. The number of hydrogen-bond donors (Lipinski definition) is 2. The van der Waals surface area contributed by atoms with Gasteiger partial charge in [-0.25, -0.2) is 8.78 Å². The maximum Gasteiger partial charge on any atom is 0.493 e.